The van der Waals surface area contributed by atoms with E-state index in [1.54, 1.807) is 0 Å². The maximum absolute atomic E-state index is 13.6. The van der Waals surface area contributed by atoms with Crippen LogP contribution in [0.4, 0.5) is 25.0 Å². The number of halogens is 2. The second-order valence-electron chi connectivity index (χ2n) is 9.49. The molecule has 198 valence electrons. The van der Waals surface area contributed by atoms with Crippen LogP contribution in [-0.4, -0.2) is 56.0 Å². The Morgan fingerprint density at radius 2 is 2.00 bits per heavy atom. The van der Waals surface area contributed by atoms with Crippen molar-refractivity contribution in [2.45, 2.75) is 52.2 Å². The Morgan fingerprint density at radius 3 is 2.58 bits per heavy atom. The number of nitrogens with zero attached hydrogens (tertiary/aromatic N) is 3. The first kappa shape index (κ1) is 27.2. The summed E-state index contributed by atoms with van der Waals surface area (Å²) >= 11 is 0. The zero-order chi connectivity index (χ0) is 26.8. The molecular formula is C22H29F2N5O6S. The quantitative estimate of drug-likeness (QED) is 0.563. The number of ether oxygens (including phenoxy) is 2. The monoisotopic (exact) mass is 529 g/mol. The van der Waals surface area contributed by atoms with Crippen LogP contribution in [0.25, 0.3) is 0 Å². The van der Waals surface area contributed by atoms with Gasteiger partial charge in [0.15, 0.2) is 0 Å². The number of sulfonamides is 1. The first-order valence-electron chi connectivity index (χ1n) is 11.0. The fourth-order valence-electron chi connectivity index (χ4n) is 3.35. The van der Waals surface area contributed by atoms with E-state index in [1.165, 1.54) is 32.0 Å². The lowest BCUT2D eigenvalue weighted by Gasteiger charge is -2.35. The average Bonchev–Trinajstić information content (AvgIpc) is 3.18. The summed E-state index contributed by atoms with van der Waals surface area (Å²) in [6.07, 6.45) is -0.731. The molecule has 1 atom stereocenters. The maximum Gasteiger partial charge on any atom is 0.411 e. The second kappa shape index (κ2) is 10.3. The van der Waals surface area contributed by atoms with Crippen LogP contribution in [0.5, 0.6) is 5.75 Å². The van der Waals surface area contributed by atoms with Crippen LogP contribution in [0.2, 0.25) is 0 Å². The summed E-state index contributed by atoms with van der Waals surface area (Å²) < 4.78 is 65.9. The molecule has 14 heteroatoms. The van der Waals surface area contributed by atoms with Gasteiger partial charge in [0.2, 0.25) is 5.91 Å². The third kappa shape index (κ3) is 6.42. The molecule has 1 aromatic carbocycles. The Labute approximate surface area is 207 Å². The Kier molecular flexibility index (Phi) is 7.76. The van der Waals surface area contributed by atoms with E-state index in [2.05, 4.69) is 15.7 Å². The molecule has 1 aromatic heterocycles. The number of carbonyl (C=O) groups excluding carboxylic acids is 2. The lowest BCUT2D eigenvalue weighted by molar-refractivity contribution is -0.119. The van der Waals surface area contributed by atoms with Crippen LogP contribution in [0, 0.1) is 12.3 Å². The van der Waals surface area contributed by atoms with Gasteiger partial charge >= 0.3 is 12.6 Å². The van der Waals surface area contributed by atoms with E-state index < -0.39 is 33.7 Å². The molecule has 0 bridgehead atoms. The molecule has 36 heavy (non-hydrogen) atoms. The normalized spacial score (nSPS) is 15.8. The van der Waals surface area contributed by atoms with Crippen molar-refractivity contribution in [3.8, 4) is 5.75 Å². The highest BCUT2D eigenvalue weighted by Gasteiger charge is 2.37. The molecule has 11 nitrogen and oxygen atoms in total. The molecule has 0 radical (unpaired) electrons. The SMILES string of the molecule is CC(=O)NC[C@H]1CN(S(=O)(=O)c2cn(C(F)F)nc2C)c2cc(NC(=O)OCC(C)(C)C)ccc2O1. The van der Waals surface area contributed by atoms with Crippen LogP contribution >= 0.6 is 0 Å². The summed E-state index contributed by atoms with van der Waals surface area (Å²) in [5.74, 6) is -0.172. The summed E-state index contributed by atoms with van der Waals surface area (Å²) in [7, 11) is -4.39. The third-order valence-corrected chi connectivity index (χ3v) is 6.87. The minimum absolute atomic E-state index is 0.00913. The number of fused-ring (bicyclic) bond motifs is 1. The summed E-state index contributed by atoms with van der Waals surface area (Å²) in [6, 6.07) is 4.35. The second-order valence-corrected chi connectivity index (χ2v) is 11.3. The first-order chi connectivity index (χ1) is 16.7. The predicted molar refractivity (Wildman–Crippen MR) is 127 cm³/mol. The molecule has 0 unspecified atom stereocenters. The molecule has 0 spiro atoms. The van der Waals surface area contributed by atoms with Crippen molar-refractivity contribution in [3.63, 3.8) is 0 Å². The standard InChI is InChI=1S/C22H29F2N5O6S/c1-13-19(11-28(27-13)20(23)24)36(32,33)29-10-16(9-25-14(2)30)35-18-7-6-15(8-17(18)29)26-21(31)34-12-22(3,4)5/h6-8,11,16,20H,9-10,12H2,1-5H3,(H,25,30)(H,26,31)/t16-/m0/s1. The van der Waals surface area contributed by atoms with Gasteiger partial charge in [0.1, 0.15) is 16.7 Å². The molecule has 0 saturated carbocycles. The molecule has 1 aliphatic heterocycles. The molecular weight excluding hydrogens is 500 g/mol. The van der Waals surface area contributed by atoms with Crippen molar-refractivity contribution in [2.24, 2.45) is 5.41 Å². The predicted octanol–water partition coefficient (Wildman–Crippen LogP) is 3.27. The summed E-state index contributed by atoms with van der Waals surface area (Å²) in [5.41, 5.74) is -0.0551. The van der Waals surface area contributed by atoms with Crippen LogP contribution < -0.4 is 19.7 Å². The van der Waals surface area contributed by atoms with Gasteiger partial charge < -0.3 is 14.8 Å². The van der Waals surface area contributed by atoms with Crippen LogP contribution in [-0.2, 0) is 19.6 Å². The Hall–Kier alpha value is -3.42. The van der Waals surface area contributed by atoms with Gasteiger partial charge in [0.25, 0.3) is 10.0 Å². The van der Waals surface area contributed by atoms with Gasteiger partial charge in [-0.2, -0.15) is 13.9 Å². The van der Waals surface area contributed by atoms with E-state index >= 15 is 0 Å². The molecule has 3 rings (SSSR count). The number of carbonyl (C=O) groups is 2. The lowest BCUT2D eigenvalue weighted by atomic mass is 9.99. The van der Waals surface area contributed by atoms with Gasteiger partial charge in [-0.15, -0.1) is 0 Å². The van der Waals surface area contributed by atoms with E-state index in [1.807, 2.05) is 20.8 Å². The van der Waals surface area contributed by atoms with Crippen molar-refractivity contribution in [3.05, 3.63) is 30.1 Å². The first-order valence-corrected chi connectivity index (χ1v) is 12.5. The highest BCUT2D eigenvalue weighted by atomic mass is 32.2. The van der Waals surface area contributed by atoms with Gasteiger partial charge in [-0.05, 0) is 30.5 Å². The Bertz CT molecular complexity index is 1240. The zero-order valence-electron chi connectivity index (χ0n) is 20.5. The van der Waals surface area contributed by atoms with Gasteiger partial charge in [-0.3, -0.25) is 14.4 Å². The van der Waals surface area contributed by atoms with E-state index in [0.717, 1.165) is 10.5 Å². The van der Waals surface area contributed by atoms with Crippen LogP contribution in [0.3, 0.4) is 0 Å². The number of rotatable bonds is 7. The van der Waals surface area contributed by atoms with E-state index in [-0.39, 0.29) is 58.5 Å². The molecule has 2 heterocycles. The highest BCUT2D eigenvalue weighted by molar-refractivity contribution is 7.92. The number of benzene rings is 1. The molecule has 1 aliphatic rings. The highest BCUT2D eigenvalue weighted by Crippen LogP contribution is 2.39. The molecule has 2 amide bonds. The number of nitrogens with one attached hydrogen (secondary N) is 2. The number of amides is 2. The van der Waals surface area contributed by atoms with Crippen molar-refractivity contribution in [1.29, 1.82) is 0 Å². The molecule has 0 fully saturated rings. The lowest BCUT2D eigenvalue weighted by Crippen LogP contribution is -2.48. The number of alkyl halides is 2. The van der Waals surface area contributed by atoms with E-state index in [9.17, 15) is 26.8 Å². The fourth-order valence-corrected chi connectivity index (χ4v) is 5.01. The minimum atomic E-state index is -4.39. The Morgan fingerprint density at radius 1 is 1.31 bits per heavy atom. The van der Waals surface area contributed by atoms with Gasteiger partial charge in [-0.25, -0.2) is 17.9 Å². The van der Waals surface area contributed by atoms with Crippen molar-refractivity contribution >= 4 is 33.4 Å². The number of hydrogen-bond acceptors (Lipinski definition) is 7. The number of aromatic nitrogens is 2. The van der Waals surface area contributed by atoms with Crippen molar-refractivity contribution < 1.29 is 36.3 Å². The topological polar surface area (TPSA) is 132 Å². The molecule has 2 N–H and O–H groups in total. The number of aryl methyl sites for hydroxylation is 1. The summed E-state index contributed by atoms with van der Waals surface area (Å²) in [4.78, 5) is 23.2. The zero-order valence-corrected chi connectivity index (χ0v) is 21.4. The fraction of sp³-hybridized carbons (Fsp3) is 0.500. The number of anilines is 2. The van der Waals surface area contributed by atoms with Gasteiger partial charge in [0.05, 0.1) is 37.3 Å². The summed E-state index contributed by atoms with van der Waals surface area (Å²) in [6.45, 7) is 5.23. The van der Waals surface area contributed by atoms with Crippen LogP contribution in [0.1, 0.15) is 39.9 Å². The Balaban J connectivity index is 1.97. The van der Waals surface area contributed by atoms with Gasteiger partial charge in [-0.1, -0.05) is 20.8 Å². The van der Waals surface area contributed by atoms with Crippen molar-refractivity contribution in [1.82, 2.24) is 15.1 Å². The van der Waals surface area contributed by atoms with E-state index in [0.29, 0.717) is 0 Å². The molecule has 2 aromatic rings. The number of hydrogen-bond donors (Lipinski definition) is 2. The van der Waals surface area contributed by atoms with E-state index in [4.69, 9.17) is 9.47 Å². The minimum Gasteiger partial charge on any atom is -0.484 e. The largest absolute Gasteiger partial charge is 0.484 e. The smallest absolute Gasteiger partial charge is 0.411 e. The maximum atomic E-state index is 13.6. The van der Waals surface area contributed by atoms with Crippen molar-refractivity contribution in [2.75, 3.05) is 29.3 Å². The average molecular weight is 530 g/mol. The molecule has 0 aliphatic carbocycles. The summed E-state index contributed by atoms with van der Waals surface area (Å²) in [5, 5.41) is 8.73. The van der Waals surface area contributed by atoms with Crippen LogP contribution in [0.15, 0.2) is 29.3 Å². The van der Waals surface area contributed by atoms with Gasteiger partial charge in [0, 0.05) is 12.6 Å². The third-order valence-electron chi connectivity index (χ3n) is 4.99. The molecule has 0 saturated heterocycles.